The van der Waals surface area contributed by atoms with Gasteiger partial charge in [0.1, 0.15) is 11.5 Å². The summed E-state index contributed by atoms with van der Waals surface area (Å²) in [6.45, 7) is 6.70. The number of ether oxygens (including phenoxy) is 5. The van der Waals surface area contributed by atoms with Crippen molar-refractivity contribution in [3.63, 3.8) is 0 Å². The zero-order chi connectivity index (χ0) is 29.4. The first-order valence-corrected chi connectivity index (χ1v) is 14.0. The molecule has 2 aliphatic rings. The zero-order valence-corrected chi connectivity index (χ0v) is 24.3. The Hall–Kier alpha value is -3.76. The van der Waals surface area contributed by atoms with Crippen molar-refractivity contribution in [1.82, 2.24) is 9.80 Å². The van der Waals surface area contributed by atoms with Crippen LogP contribution in [0.2, 0.25) is 0 Å². The lowest BCUT2D eigenvalue weighted by Gasteiger charge is -2.29. The van der Waals surface area contributed by atoms with E-state index in [0.29, 0.717) is 66.9 Å². The summed E-state index contributed by atoms with van der Waals surface area (Å²) in [4.78, 5) is 30.8. The number of carbonyl (C=O) groups excluding carboxylic acids is 2. The summed E-state index contributed by atoms with van der Waals surface area (Å²) in [5.74, 6) is 0.0527. The summed E-state index contributed by atoms with van der Waals surface area (Å²) in [5, 5.41) is 11.6. The maximum Gasteiger partial charge on any atom is 0.295 e. The number of unbranched alkanes of at least 4 members (excludes halogenated alkanes) is 1. The first-order valence-electron chi connectivity index (χ1n) is 14.0. The van der Waals surface area contributed by atoms with Gasteiger partial charge < -0.3 is 33.7 Å². The van der Waals surface area contributed by atoms with Crippen molar-refractivity contribution >= 4 is 17.4 Å². The Bertz CT molecular complexity index is 1230. The second kappa shape index (κ2) is 14.2. The van der Waals surface area contributed by atoms with Crippen LogP contribution in [0.25, 0.3) is 5.76 Å². The van der Waals surface area contributed by atoms with Crippen molar-refractivity contribution < 1.29 is 38.4 Å². The van der Waals surface area contributed by atoms with E-state index in [0.717, 1.165) is 32.5 Å². The van der Waals surface area contributed by atoms with Crippen molar-refractivity contribution in [3.8, 4) is 23.0 Å². The van der Waals surface area contributed by atoms with Gasteiger partial charge in [0.2, 0.25) is 5.75 Å². The highest BCUT2D eigenvalue weighted by Gasteiger charge is 2.46. The Kier molecular flexibility index (Phi) is 10.5. The molecule has 0 aromatic heterocycles. The van der Waals surface area contributed by atoms with Crippen molar-refractivity contribution in [2.75, 3.05) is 67.3 Å². The topological polar surface area (TPSA) is 107 Å². The van der Waals surface area contributed by atoms with Gasteiger partial charge in [-0.05, 0) is 42.7 Å². The molecule has 0 bridgehead atoms. The first kappa shape index (κ1) is 30.2. The highest BCUT2D eigenvalue weighted by Crippen LogP contribution is 2.45. The number of rotatable bonds is 13. The lowest BCUT2D eigenvalue weighted by Crippen LogP contribution is -2.39. The molecule has 10 nitrogen and oxygen atoms in total. The van der Waals surface area contributed by atoms with Crippen LogP contribution in [0.5, 0.6) is 23.0 Å². The summed E-state index contributed by atoms with van der Waals surface area (Å²) in [6.07, 6.45) is 2.53. The molecule has 0 saturated carbocycles. The van der Waals surface area contributed by atoms with Crippen LogP contribution in [0, 0.1) is 0 Å². The number of hydrogen-bond donors (Lipinski definition) is 1. The van der Waals surface area contributed by atoms with Gasteiger partial charge in [0, 0.05) is 31.7 Å². The third-order valence-electron chi connectivity index (χ3n) is 7.39. The Morgan fingerprint density at radius 2 is 1.68 bits per heavy atom. The van der Waals surface area contributed by atoms with Crippen LogP contribution in [-0.2, 0) is 14.3 Å². The highest BCUT2D eigenvalue weighted by atomic mass is 16.5. The summed E-state index contributed by atoms with van der Waals surface area (Å²) >= 11 is 0. The third kappa shape index (κ3) is 6.77. The molecule has 41 heavy (non-hydrogen) atoms. The van der Waals surface area contributed by atoms with Crippen molar-refractivity contribution in [1.29, 1.82) is 0 Å². The highest BCUT2D eigenvalue weighted by molar-refractivity contribution is 6.46. The number of morpholine rings is 1. The number of likely N-dealkylation sites (tertiary alicyclic amines) is 1. The number of benzene rings is 2. The molecule has 1 N–H and O–H groups in total. The van der Waals surface area contributed by atoms with Gasteiger partial charge in [0.05, 0.1) is 52.8 Å². The van der Waals surface area contributed by atoms with E-state index in [1.165, 1.54) is 26.2 Å². The van der Waals surface area contributed by atoms with E-state index in [-0.39, 0.29) is 11.3 Å². The number of methoxy groups -OCH3 is 3. The minimum Gasteiger partial charge on any atom is -0.507 e. The summed E-state index contributed by atoms with van der Waals surface area (Å²) in [7, 11) is 4.52. The fourth-order valence-corrected chi connectivity index (χ4v) is 5.23. The number of ketones is 1. The van der Waals surface area contributed by atoms with Gasteiger partial charge in [-0.2, -0.15) is 0 Å². The molecule has 2 aromatic rings. The maximum absolute atomic E-state index is 13.6. The predicted molar refractivity (Wildman–Crippen MR) is 154 cm³/mol. The molecule has 2 heterocycles. The summed E-state index contributed by atoms with van der Waals surface area (Å²) in [5.41, 5.74) is 0.950. The Morgan fingerprint density at radius 3 is 2.32 bits per heavy atom. The molecule has 10 heteroatoms. The molecule has 1 amide bonds. The second-order valence-electron chi connectivity index (χ2n) is 9.99. The van der Waals surface area contributed by atoms with Crippen LogP contribution in [0.4, 0.5) is 0 Å². The van der Waals surface area contributed by atoms with Gasteiger partial charge in [-0.25, -0.2) is 0 Å². The molecule has 222 valence electrons. The average molecular weight is 569 g/mol. The van der Waals surface area contributed by atoms with Crippen molar-refractivity contribution in [2.24, 2.45) is 0 Å². The molecule has 0 radical (unpaired) electrons. The SMILES string of the molecule is CCCCOc1cccc(/C(O)=C2\C(=O)C(=O)N(CCCN3CCOCC3)C2c2cc(OC)c(OC)c(OC)c2)c1. The van der Waals surface area contributed by atoms with Crippen molar-refractivity contribution in [2.45, 2.75) is 32.2 Å². The van der Waals surface area contributed by atoms with Gasteiger partial charge in [-0.3, -0.25) is 14.5 Å². The Morgan fingerprint density at radius 1 is 0.976 bits per heavy atom. The van der Waals surface area contributed by atoms with E-state index >= 15 is 0 Å². The Labute approximate surface area is 241 Å². The molecular formula is C31H40N2O8. The van der Waals surface area contributed by atoms with Crippen LogP contribution < -0.4 is 18.9 Å². The van der Waals surface area contributed by atoms with E-state index in [1.54, 1.807) is 36.4 Å². The quantitative estimate of drug-likeness (QED) is 0.166. The number of nitrogens with zero attached hydrogens (tertiary/aromatic N) is 2. The fourth-order valence-electron chi connectivity index (χ4n) is 5.23. The van der Waals surface area contributed by atoms with Crippen LogP contribution in [0.3, 0.4) is 0 Å². The van der Waals surface area contributed by atoms with Gasteiger partial charge in [-0.15, -0.1) is 0 Å². The number of carbonyl (C=O) groups is 2. The number of aliphatic hydroxyl groups is 1. The molecule has 2 saturated heterocycles. The number of Topliss-reactive ketones (excluding diaryl/α,β-unsaturated/α-hetero) is 1. The van der Waals surface area contributed by atoms with E-state index < -0.39 is 17.7 Å². The molecule has 1 atom stereocenters. The summed E-state index contributed by atoms with van der Waals surface area (Å²) in [6, 6.07) is 9.49. The second-order valence-corrected chi connectivity index (χ2v) is 9.99. The first-order chi connectivity index (χ1) is 19.9. The number of hydrogen-bond acceptors (Lipinski definition) is 9. The van der Waals surface area contributed by atoms with Gasteiger partial charge in [-0.1, -0.05) is 25.5 Å². The van der Waals surface area contributed by atoms with Crippen molar-refractivity contribution in [3.05, 3.63) is 53.1 Å². The van der Waals surface area contributed by atoms with Gasteiger partial charge in [0.25, 0.3) is 11.7 Å². The molecule has 1 unspecified atom stereocenters. The largest absolute Gasteiger partial charge is 0.507 e. The predicted octanol–water partition coefficient (Wildman–Crippen LogP) is 4.04. The molecule has 2 aromatic carbocycles. The summed E-state index contributed by atoms with van der Waals surface area (Å²) < 4.78 is 27.9. The van der Waals surface area contributed by atoms with Crippen LogP contribution in [0.15, 0.2) is 42.0 Å². The monoisotopic (exact) mass is 568 g/mol. The van der Waals surface area contributed by atoms with Gasteiger partial charge in [0.15, 0.2) is 11.5 Å². The Balaban J connectivity index is 1.76. The normalized spacial score (nSPS) is 18.9. The number of amides is 1. The fraction of sp³-hybridized carbons (Fsp3) is 0.484. The van der Waals surface area contributed by atoms with Crippen LogP contribution in [0.1, 0.15) is 43.4 Å². The lowest BCUT2D eigenvalue weighted by atomic mass is 9.94. The smallest absolute Gasteiger partial charge is 0.295 e. The molecule has 2 fully saturated rings. The standard InChI is InChI=1S/C31H40N2O8/c1-5-6-15-41-23-10-7-9-21(18-23)28(34)26-27(22-19-24(37-2)30(39-4)25(20-22)38-3)33(31(36)29(26)35)12-8-11-32-13-16-40-17-14-32/h7,9-10,18-20,27,34H,5-6,8,11-17H2,1-4H3/b28-26+. The third-order valence-corrected chi connectivity index (χ3v) is 7.39. The van der Waals surface area contributed by atoms with E-state index in [9.17, 15) is 14.7 Å². The molecule has 0 aliphatic carbocycles. The van der Waals surface area contributed by atoms with Crippen LogP contribution in [-0.4, -0.2) is 93.9 Å². The minimum atomic E-state index is -0.863. The molecule has 2 aliphatic heterocycles. The van der Waals surface area contributed by atoms with E-state index in [1.807, 2.05) is 0 Å². The van der Waals surface area contributed by atoms with Crippen LogP contribution >= 0.6 is 0 Å². The van der Waals surface area contributed by atoms with Gasteiger partial charge >= 0.3 is 0 Å². The number of aliphatic hydroxyl groups excluding tert-OH is 1. The van der Waals surface area contributed by atoms with E-state index in [2.05, 4.69) is 11.8 Å². The average Bonchev–Trinajstić information content (AvgIpc) is 3.25. The lowest BCUT2D eigenvalue weighted by molar-refractivity contribution is -0.140. The van der Waals surface area contributed by atoms with E-state index in [4.69, 9.17) is 23.7 Å². The molecular weight excluding hydrogens is 528 g/mol. The molecule has 0 spiro atoms. The maximum atomic E-state index is 13.6. The minimum absolute atomic E-state index is 0.00125. The molecule has 4 rings (SSSR count). The zero-order valence-electron chi connectivity index (χ0n) is 24.3.